The second kappa shape index (κ2) is 12.6. The van der Waals surface area contributed by atoms with E-state index in [9.17, 15) is 4.79 Å². The van der Waals surface area contributed by atoms with Gasteiger partial charge in [-0.3, -0.25) is 10.1 Å². The largest absolute Gasteiger partial charge is 0.492 e. The van der Waals surface area contributed by atoms with Crippen LogP contribution in [0.3, 0.4) is 0 Å². The molecule has 181 valence electrons. The van der Waals surface area contributed by atoms with E-state index in [1.165, 1.54) is 7.11 Å². The molecule has 1 radical (unpaired) electrons. The summed E-state index contributed by atoms with van der Waals surface area (Å²) in [7, 11) is 0.435. The molecule has 2 rings (SSSR count). The molecule has 0 bridgehead atoms. The molecular weight excluding hydrogens is 454 g/mol. The van der Waals surface area contributed by atoms with E-state index in [-0.39, 0.29) is 36.0 Å². The van der Waals surface area contributed by atoms with Crippen molar-refractivity contribution in [2.45, 2.75) is 65.4 Å². The molecule has 1 unspecified atom stereocenters. The average Bonchev–Trinajstić information content (AvgIpc) is 2.72. The molecule has 0 aliphatic heterocycles. The lowest BCUT2D eigenvalue weighted by Crippen LogP contribution is -2.49. The minimum atomic E-state index is -0.957. The highest BCUT2D eigenvalue weighted by Crippen LogP contribution is 2.39. The lowest BCUT2D eigenvalue weighted by Gasteiger charge is -2.40. The minimum Gasteiger partial charge on any atom is -0.492 e. The summed E-state index contributed by atoms with van der Waals surface area (Å²) in [4.78, 5) is 11.4. The first-order valence-electron chi connectivity index (χ1n) is 11.3. The second-order valence-electron chi connectivity index (χ2n) is 9.62. The lowest BCUT2D eigenvalue weighted by atomic mass is 9.75. The zero-order chi connectivity index (χ0) is 24.6. The zero-order valence-corrected chi connectivity index (χ0v) is 22.5. The summed E-state index contributed by atoms with van der Waals surface area (Å²) in [5.41, 5.74) is 2.00. The molecule has 5 nitrogen and oxygen atoms in total. The Morgan fingerprint density at radius 2 is 1.79 bits per heavy atom. The maximum absolute atomic E-state index is 11.4. The molecular formula is C26H37ClNO4Si. The fourth-order valence-electron chi connectivity index (χ4n) is 3.77. The smallest absolute Gasteiger partial charge is 0.309 e. The van der Waals surface area contributed by atoms with E-state index < -0.39 is 9.04 Å². The number of hydrogen-bond acceptors (Lipinski definition) is 5. The molecule has 2 aromatic carbocycles. The zero-order valence-electron chi connectivity index (χ0n) is 20.8. The molecule has 0 fully saturated rings. The lowest BCUT2D eigenvalue weighted by molar-refractivity contribution is -0.139. The molecule has 0 spiro atoms. The van der Waals surface area contributed by atoms with Gasteiger partial charge in [-0.1, -0.05) is 56.6 Å². The van der Waals surface area contributed by atoms with E-state index in [0.29, 0.717) is 6.61 Å². The van der Waals surface area contributed by atoms with Crippen LogP contribution in [0.2, 0.25) is 18.1 Å². The third-order valence-corrected chi connectivity index (χ3v) is 6.21. The van der Waals surface area contributed by atoms with Gasteiger partial charge in [0.15, 0.2) is 0 Å². The topological polar surface area (TPSA) is 56.8 Å². The SMILES string of the molecule is COC(=O)Cc1ccc(OC[C@@H](C)NC(O[Si](C)C)[C@@H](c2cccc(Cl)c2)C(C)(C)C)cc1. The number of methoxy groups -OCH3 is 1. The Morgan fingerprint density at radius 3 is 2.33 bits per heavy atom. The van der Waals surface area contributed by atoms with Crippen LogP contribution in [0.15, 0.2) is 48.5 Å². The van der Waals surface area contributed by atoms with Gasteiger partial charge in [-0.25, -0.2) is 0 Å². The van der Waals surface area contributed by atoms with Gasteiger partial charge in [-0.05, 0) is 60.8 Å². The van der Waals surface area contributed by atoms with Gasteiger partial charge in [0.25, 0.3) is 0 Å². The Morgan fingerprint density at radius 1 is 1.12 bits per heavy atom. The number of halogens is 1. The molecule has 0 aliphatic rings. The van der Waals surface area contributed by atoms with Crippen LogP contribution in [0.1, 0.15) is 44.7 Å². The number of hydrogen-bond donors (Lipinski definition) is 1. The minimum absolute atomic E-state index is 0.0459. The number of nitrogens with one attached hydrogen (secondary N) is 1. The molecule has 2 aromatic rings. The van der Waals surface area contributed by atoms with Crippen LogP contribution >= 0.6 is 11.6 Å². The van der Waals surface area contributed by atoms with Crippen molar-refractivity contribution in [3.05, 3.63) is 64.7 Å². The van der Waals surface area contributed by atoms with Crippen molar-refractivity contribution in [2.24, 2.45) is 5.41 Å². The van der Waals surface area contributed by atoms with Crippen LogP contribution in [0, 0.1) is 5.41 Å². The maximum Gasteiger partial charge on any atom is 0.309 e. The van der Waals surface area contributed by atoms with Gasteiger partial charge in [0.2, 0.25) is 9.04 Å². The maximum atomic E-state index is 11.4. The molecule has 0 aromatic heterocycles. The van der Waals surface area contributed by atoms with Crippen LogP contribution in [0.25, 0.3) is 0 Å². The van der Waals surface area contributed by atoms with Gasteiger partial charge in [0.05, 0.1) is 13.5 Å². The molecule has 7 heteroatoms. The molecule has 0 amide bonds. The highest BCUT2D eigenvalue weighted by molar-refractivity contribution is 6.48. The van der Waals surface area contributed by atoms with Crippen molar-refractivity contribution in [3.8, 4) is 5.75 Å². The monoisotopic (exact) mass is 490 g/mol. The van der Waals surface area contributed by atoms with Crippen LogP contribution < -0.4 is 10.1 Å². The molecule has 0 aliphatic carbocycles. The number of carbonyl (C=O) groups is 1. The van der Waals surface area contributed by atoms with Crippen molar-refractivity contribution >= 4 is 26.6 Å². The quantitative estimate of drug-likeness (QED) is 0.244. The van der Waals surface area contributed by atoms with E-state index >= 15 is 0 Å². The summed E-state index contributed by atoms with van der Waals surface area (Å²) in [6.07, 6.45) is 0.0807. The van der Waals surface area contributed by atoms with Crippen LogP contribution in [0.5, 0.6) is 5.75 Å². The Labute approximate surface area is 205 Å². The summed E-state index contributed by atoms with van der Waals surface area (Å²) in [6, 6.07) is 15.6. The highest BCUT2D eigenvalue weighted by Gasteiger charge is 2.35. The second-order valence-corrected chi connectivity index (χ2v) is 12.1. The van der Waals surface area contributed by atoms with E-state index in [1.54, 1.807) is 0 Å². The molecule has 0 saturated heterocycles. The average molecular weight is 491 g/mol. The van der Waals surface area contributed by atoms with Gasteiger partial charge in [0.1, 0.15) is 18.6 Å². The Bertz CT molecular complexity index is 883. The first kappa shape index (κ1) is 27.4. The van der Waals surface area contributed by atoms with Crippen molar-refractivity contribution in [1.29, 1.82) is 0 Å². The normalized spacial score (nSPS) is 14.6. The van der Waals surface area contributed by atoms with Crippen LogP contribution in [-0.4, -0.2) is 41.0 Å². The number of carbonyl (C=O) groups excluding carboxylic acids is 1. The first-order valence-corrected chi connectivity index (χ1v) is 14.0. The van der Waals surface area contributed by atoms with Crippen molar-refractivity contribution in [2.75, 3.05) is 13.7 Å². The Kier molecular flexibility index (Phi) is 10.4. The number of ether oxygens (including phenoxy) is 2. The van der Waals surface area contributed by atoms with Gasteiger partial charge in [0, 0.05) is 17.0 Å². The summed E-state index contributed by atoms with van der Waals surface area (Å²) in [6.45, 7) is 13.6. The molecule has 1 N–H and O–H groups in total. The summed E-state index contributed by atoms with van der Waals surface area (Å²) < 4.78 is 17.2. The van der Waals surface area contributed by atoms with E-state index in [4.69, 9.17) is 25.5 Å². The summed E-state index contributed by atoms with van der Waals surface area (Å²) >= 11 is 6.32. The molecule has 0 saturated carbocycles. The van der Waals surface area contributed by atoms with Gasteiger partial charge in [-0.2, -0.15) is 0 Å². The predicted molar refractivity (Wildman–Crippen MR) is 136 cm³/mol. The number of rotatable bonds is 11. The third kappa shape index (κ3) is 9.12. The summed E-state index contributed by atoms with van der Waals surface area (Å²) in [5, 5.41) is 4.39. The fourth-order valence-corrected chi connectivity index (χ4v) is 4.68. The van der Waals surface area contributed by atoms with E-state index in [2.05, 4.69) is 52.2 Å². The van der Waals surface area contributed by atoms with Crippen LogP contribution in [-0.2, 0) is 20.4 Å². The molecule has 0 heterocycles. The van der Waals surface area contributed by atoms with Gasteiger partial charge >= 0.3 is 5.97 Å². The van der Waals surface area contributed by atoms with Crippen molar-refractivity contribution in [3.63, 3.8) is 0 Å². The van der Waals surface area contributed by atoms with E-state index in [1.807, 2.05) is 42.5 Å². The fraction of sp³-hybridized carbons (Fsp3) is 0.500. The number of benzene rings is 2. The van der Waals surface area contributed by atoms with Crippen molar-refractivity contribution < 1.29 is 18.7 Å². The summed E-state index contributed by atoms with van der Waals surface area (Å²) in [5.74, 6) is 0.609. The number of esters is 1. The molecule has 3 atom stereocenters. The standard InChI is InChI=1S/C26H37ClNO4Si/c1-18(17-31-22-13-11-19(12-14-22)15-23(29)30-5)28-25(32-33(6)7)24(26(2,3)4)20-9-8-10-21(27)16-20/h8-14,16,18,24-25,28H,15,17H2,1-7H3/t18-,24-,25?/m1/s1. The first-order chi connectivity index (χ1) is 15.5. The van der Waals surface area contributed by atoms with Gasteiger partial charge < -0.3 is 13.9 Å². The highest BCUT2D eigenvalue weighted by atomic mass is 35.5. The van der Waals surface area contributed by atoms with Gasteiger partial charge in [-0.15, -0.1) is 0 Å². The molecule has 33 heavy (non-hydrogen) atoms. The van der Waals surface area contributed by atoms with Crippen LogP contribution in [0.4, 0.5) is 0 Å². The third-order valence-electron chi connectivity index (χ3n) is 5.25. The van der Waals surface area contributed by atoms with Crippen molar-refractivity contribution in [1.82, 2.24) is 5.32 Å². The Balaban J connectivity index is 2.09. The van der Waals surface area contributed by atoms with E-state index in [0.717, 1.165) is 21.9 Å². The Hall–Kier alpha value is -1.86. The predicted octanol–water partition coefficient (Wildman–Crippen LogP) is 5.84.